The molecule has 0 radical (unpaired) electrons. The lowest BCUT2D eigenvalue weighted by atomic mass is 9.94. The van der Waals surface area contributed by atoms with Crippen LogP contribution in [0.3, 0.4) is 0 Å². The molecule has 2 saturated heterocycles. The SMILES string of the molecule is C[C@@H]1CN(Cc2ncccn2)C[C@H]1c1nc(C2CCOCC2)n2cc[nH]c(=O)c12. The third-order valence-electron chi connectivity index (χ3n) is 6.23. The first-order valence-electron chi connectivity index (χ1n) is 10.4. The van der Waals surface area contributed by atoms with E-state index in [1.807, 2.05) is 16.7 Å². The zero-order valence-electron chi connectivity index (χ0n) is 16.6. The van der Waals surface area contributed by atoms with Crippen molar-refractivity contribution in [2.24, 2.45) is 5.92 Å². The van der Waals surface area contributed by atoms with Crippen LogP contribution in [0.2, 0.25) is 0 Å². The van der Waals surface area contributed by atoms with Crippen molar-refractivity contribution >= 4 is 5.52 Å². The summed E-state index contributed by atoms with van der Waals surface area (Å²) in [5, 5.41) is 0. The minimum atomic E-state index is -0.0645. The van der Waals surface area contributed by atoms with Gasteiger partial charge in [-0.2, -0.15) is 0 Å². The highest BCUT2D eigenvalue weighted by molar-refractivity contribution is 5.54. The molecule has 0 spiro atoms. The first kappa shape index (κ1) is 18.4. The molecular weight excluding hydrogens is 368 g/mol. The first-order chi connectivity index (χ1) is 14.2. The normalized spacial score (nSPS) is 23.8. The van der Waals surface area contributed by atoms with Crippen molar-refractivity contribution in [3.8, 4) is 0 Å². The van der Waals surface area contributed by atoms with Gasteiger partial charge in [-0.25, -0.2) is 15.0 Å². The number of nitrogens with one attached hydrogen (secondary N) is 1. The molecule has 0 bridgehead atoms. The Bertz CT molecular complexity index is 1040. The van der Waals surface area contributed by atoms with E-state index in [9.17, 15) is 4.79 Å². The van der Waals surface area contributed by atoms with Crippen LogP contribution in [0.25, 0.3) is 5.52 Å². The number of ether oxygens (including phenoxy) is 1. The maximum Gasteiger partial charge on any atom is 0.274 e. The van der Waals surface area contributed by atoms with E-state index in [-0.39, 0.29) is 11.5 Å². The molecule has 2 fully saturated rings. The Morgan fingerprint density at radius 3 is 2.79 bits per heavy atom. The summed E-state index contributed by atoms with van der Waals surface area (Å²) in [6.07, 6.45) is 9.10. The number of rotatable bonds is 4. The number of aromatic amines is 1. The van der Waals surface area contributed by atoms with Gasteiger partial charge in [-0.15, -0.1) is 0 Å². The summed E-state index contributed by atoms with van der Waals surface area (Å²) in [6.45, 7) is 6.27. The Balaban J connectivity index is 1.48. The number of hydrogen-bond donors (Lipinski definition) is 1. The van der Waals surface area contributed by atoms with E-state index in [2.05, 4.69) is 26.8 Å². The van der Waals surface area contributed by atoms with Crippen molar-refractivity contribution < 1.29 is 4.74 Å². The highest BCUT2D eigenvalue weighted by Gasteiger charge is 2.36. The van der Waals surface area contributed by atoms with Gasteiger partial charge in [0.05, 0.1) is 12.2 Å². The topological polar surface area (TPSA) is 88.4 Å². The van der Waals surface area contributed by atoms with Crippen LogP contribution in [0.15, 0.2) is 35.6 Å². The van der Waals surface area contributed by atoms with Crippen LogP contribution >= 0.6 is 0 Å². The number of aromatic nitrogens is 5. The molecule has 2 aliphatic heterocycles. The summed E-state index contributed by atoms with van der Waals surface area (Å²) in [7, 11) is 0. The van der Waals surface area contributed by atoms with E-state index < -0.39 is 0 Å². The summed E-state index contributed by atoms with van der Waals surface area (Å²) in [4.78, 5) is 31.8. The van der Waals surface area contributed by atoms with Gasteiger partial charge in [-0.05, 0) is 24.8 Å². The van der Waals surface area contributed by atoms with Gasteiger partial charge in [0.1, 0.15) is 17.2 Å². The molecule has 3 aromatic rings. The predicted molar refractivity (Wildman–Crippen MR) is 108 cm³/mol. The monoisotopic (exact) mass is 394 g/mol. The van der Waals surface area contributed by atoms with Gasteiger partial charge in [0.15, 0.2) is 0 Å². The molecule has 0 amide bonds. The molecule has 8 heteroatoms. The highest BCUT2D eigenvalue weighted by atomic mass is 16.5. The standard InChI is InChI=1S/C21H26N6O2/c1-14-11-26(13-17-22-5-2-6-23-17)12-16(14)18-19-21(28)24-7-8-27(19)20(25-18)15-3-9-29-10-4-15/h2,5-8,14-16H,3-4,9-13H2,1H3,(H,24,28)/t14-,16-/m1/s1. The van der Waals surface area contributed by atoms with Crippen LogP contribution in [-0.4, -0.2) is 55.5 Å². The molecule has 0 saturated carbocycles. The van der Waals surface area contributed by atoms with E-state index >= 15 is 0 Å². The van der Waals surface area contributed by atoms with E-state index in [1.165, 1.54) is 0 Å². The molecular formula is C21H26N6O2. The maximum atomic E-state index is 12.8. The fourth-order valence-electron chi connectivity index (χ4n) is 4.77. The van der Waals surface area contributed by atoms with Crippen molar-refractivity contribution in [3.05, 3.63) is 58.6 Å². The van der Waals surface area contributed by atoms with E-state index in [0.29, 0.717) is 17.4 Å². The second-order valence-corrected chi connectivity index (χ2v) is 8.19. The van der Waals surface area contributed by atoms with Crippen molar-refractivity contribution in [1.82, 2.24) is 29.2 Å². The van der Waals surface area contributed by atoms with Crippen LogP contribution < -0.4 is 5.56 Å². The van der Waals surface area contributed by atoms with Crippen molar-refractivity contribution in [2.75, 3.05) is 26.3 Å². The molecule has 29 heavy (non-hydrogen) atoms. The summed E-state index contributed by atoms with van der Waals surface area (Å²) in [6, 6.07) is 1.83. The van der Waals surface area contributed by atoms with Crippen LogP contribution in [0.4, 0.5) is 0 Å². The second kappa shape index (κ2) is 7.68. The lowest BCUT2D eigenvalue weighted by Crippen LogP contribution is -2.21. The van der Waals surface area contributed by atoms with Gasteiger partial charge in [0.25, 0.3) is 5.56 Å². The Morgan fingerprint density at radius 1 is 1.21 bits per heavy atom. The van der Waals surface area contributed by atoms with E-state index in [4.69, 9.17) is 9.72 Å². The Hall–Kier alpha value is -2.58. The minimum Gasteiger partial charge on any atom is -0.381 e. The fourth-order valence-corrected chi connectivity index (χ4v) is 4.77. The molecule has 0 aliphatic carbocycles. The quantitative estimate of drug-likeness (QED) is 0.728. The van der Waals surface area contributed by atoms with Crippen LogP contribution in [0.1, 0.15) is 48.9 Å². The fraction of sp³-hybridized carbons (Fsp3) is 0.524. The van der Waals surface area contributed by atoms with Crippen molar-refractivity contribution in [3.63, 3.8) is 0 Å². The van der Waals surface area contributed by atoms with Gasteiger partial charge < -0.3 is 9.72 Å². The summed E-state index contributed by atoms with van der Waals surface area (Å²) < 4.78 is 7.54. The number of fused-ring (bicyclic) bond motifs is 1. The number of H-pyrrole nitrogens is 1. The predicted octanol–water partition coefficient (Wildman–Crippen LogP) is 1.94. The maximum absolute atomic E-state index is 12.8. The van der Waals surface area contributed by atoms with Gasteiger partial charge in [0, 0.05) is 62.9 Å². The minimum absolute atomic E-state index is 0.0645. The average Bonchev–Trinajstić information content (AvgIpc) is 3.30. The van der Waals surface area contributed by atoms with Gasteiger partial charge in [-0.1, -0.05) is 6.92 Å². The molecule has 2 aliphatic rings. The lowest BCUT2D eigenvalue weighted by Gasteiger charge is -2.20. The lowest BCUT2D eigenvalue weighted by molar-refractivity contribution is 0.0834. The zero-order valence-corrected chi connectivity index (χ0v) is 16.6. The molecule has 0 unspecified atom stereocenters. The summed E-state index contributed by atoms with van der Waals surface area (Å²) >= 11 is 0. The largest absolute Gasteiger partial charge is 0.381 e. The average molecular weight is 394 g/mol. The van der Waals surface area contributed by atoms with Crippen LogP contribution in [-0.2, 0) is 11.3 Å². The van der Waals surface area contributed by atoms with Crippen molar-refractivity contribution in [2.45, 2.75) is 38.1 Å². The van der Waals surface area contributed by atoms with Gasteiger partial charge in [0.2, 0.25) is 0 Å². The number of nitrogens with zero attached hydrogens (tertiary/aromatic N) is 5. The third kappa shape index (κ3) is 3.47. The van der Waals surface area contributed by atoms with E-state index in [0.717, 1.165) is 63.0 Å². The Morgan fingerprint density at radius 2 is 2.00 bits per heavy atom. The highest BCUT2D eigenvalue weighted by Crippen LogP contribution is 2.36. The molecule has 152 valence electrons. The molecule has 5 heterocycles. The zero-order chi connectivity index (χ0) is 19.8. The molecule has 5 rings (SSSR count). The van der Waals surface area contributed by atoms with Gasteiger partial charge in [-0.3, -0.25) is 14.1 Å². The van der Waals surface area contributed by atoms with Crippen LogP contribution in [0, 0.1) is 5.92 Å². The summed E-state index contributed by atoms with van der Waals surface area (Å²) in [5.41, 5.74) is 1.56. The Kier molecular flexibility index (Phi) is 4.89. The van der Waals surface area contributed by atoms with Crippen molar-refractivity contribution in [1.29, 1.82) is 0 Å². The second-order valence-electron chi connectivity index (χ2n) is 8.19. The summed E-state index contributed by atoms with van der Waals surface area (Å²) in [5.74, 6) is 2.78. The number of likely N-dealkylation sites (tertiary alicyclic amines) is 1. The molecule has 8 nitrogen and oxygen atoms in total. The Labute approximate surface area is 169 Å². The molecule has 2 atom stereocenters. The third-order valence-corrected chi connectivity index (χ3v) is 6.23. The molecule has 0 aromatic carbocycles. The van der Waals surface area contributed by atoms with Crippen LogP contribution in [0.5, 0.6) is 0 Å². The molecule has 3 aromatic heterocycles. The molecule has 1 N–H and O–H groups in total. The number of imidazole rings is 1. The smallest absolute Gasteiger partial charge is 0.274 e. The number of hydrogen-bond acceptors (Lipinski definition) is 6. The first-order valence-corrected chi connectivity index (χ1v) is 10.4. The van der Waals surface area contributed by atoms with E-state index in [1.54, 1.807) is 18.6 Å². The van der Waals surface area contributed by atoms with Gasteiger partial charge >= 0.3 is 0 Å².